The van der Waals surface area contributed by atoms with Crippen molar-refractivity contribution in [2.45, 2.75) is 40.7 Å². The van der Waals surface area contributed by atoms with Crippen LogP contribution in [0, 0.1) is 25.2 Å². The summed E-state index contributed by atoms with van der Waals surface area (Å²) >= 11 is 13.6. The number of carbonyl (C=O) groups is 3. The summed E-state index contributed by atoms with van der Waals surface area (Å²) in [6, 6.07) is 15.1. The Morgan fingerprint density at radius 1 is 1.02 bits per heavy atom. The summed E-state index contributed by atoms with van der Waals surface area (Å²) in [5, 5.41) is 12.0. The maximum atomic E-state index is 13.5. The number of ketones is 1. The van der Waals surface area contributed by atoms with Crippen molar-refractivity contribution in [3.8, 4) is 6.07 Å². The first-order chi connectivity index (χ1) is 20.1. The van der Waals surface area contributed by atoms with Crippen LogP contribution in [0.15, 0.2) is 48.0 Å². The second-order valence-corrected chi connectivity index (χ2v) is 11.4. The van der Waals surface area contributed by atoms with Gasteiger partial charge in [-0.05, 0) is 63.1 Å². The zero-order valence-electron chi connectivity index (χ0n) is 23.5. The Kier molecular flexibility index (Phi) is 9.89. The fourth-order valence-corrected chi connectivity index (χ4v) is 6.44. The molecule has 7 nitrogen and oxygen atoms in total. The van der Waals surface area contributed by atoms with Crippen molar-refractivity contribution in [3.05, 3.63) is 95.8 Å². The van der Waals surface area contributed by atoms with E-state index in [1.54, 1.807) is 39.0 Å². The molecule has 0 fully saturated rings. The van der Waals surface area contributed by atoms with Gasteiger partial charge in [-0.25, -0.2) is 9.59 Å². The normalized spacial score (nSPS) is 11.4. The van der Waals surface area contributed by atoms with Crippen LogP contribution in [-0.4, -0.2) is 35.5 Å². The largest absolute Gasteiger partial charge is 0.462 e. The summed E-state index contributed by atoms with van der Waals surface area (Å²) in [5.41, 5.74) is 3.81. The Morgan fingerprint density at radius 2 is 1.71 bits per heavy atom. The molecule has 2 heterocycles. The highest BCUT2D eigenvalue weighted by atomic mass is 35.5. The SMILES string of the molecule is CCOC(=O)c1sc(CC(=O)/C(C#N)=C/c2c(C)n(Cc3ccc(Cl)cc3Cl)c3ccccc23)c(C(=O)OCC)c1C. The average Bonchev–Trinajstić information content (AvgIpc) is 3.41. The van der Waals surface area contributed by atoms with Crippen LogP contribution in [0.4, 0.5) is 0 Å². The van der Waals surface area contributed by atoms with Crippen LogP contribution < -0.4 is 0 Å². The number of fused-ring (bicyclic) bond motifs is 1. The van der Waals surface area contributed by atoms with E-state index in [9.17, 15) is 19.6 Å². The van der Waals surface area contributed by atoms with Crippen molar-refractivity contribution >= 4 is 69.2 Å². The first-order valence-corrected chi connectivity index (χ1v) is 14.8. The van der Waals surface area contributed by atoms with Crippen LogP contribution >= 0.6 is 34.5 Å². The lowest BCUT2D eigenvalue weighted by Gasteiger charge is -2.11. The van der Waals surface area contributed by atoms with Crippen LogP contribution in [-0.2, 0) is 27.2 Å². The van der Waals surface area contributed by atoms with Crippen LogP contribution in [0.2, 0.25) is 10.0 Å². The fraction of sp³-hybridized carbons (Fsp3) is 0.250. The van der Waals surface area contributed by atoms with Crippen molar-refractivity contribution in [2.75, 3.05) is 13.2 Å². The van der Waals surface area contributed by atoms with E-state index in [0.717, 1.165) is 39.1 Å². The molecule has 0 unspecified atom stereocenters. The van der Waals surface area contributed by atoms with E-state index in [1.165, 1.54) is 0 Å². The Hall–Kier alpha value is -3.90. The summed E-state index contributed by atoms with van der Waals surface area (Å²) in [6.45, 7) is 7.65. The van der Waals surface area contributed by atoms with Gasteiger partial charge in [0.15, 0.2) is 5.78 Å². The molecule has 2 aromatic carbocycles. The third-order valence-electron chi connectivity index (χ3n) is 6.81. The minimum Gasteiger partial charge on any atom is -0.462 e. The zero-order valence-corrected chi connectivity index (χ0v) is 25.9. The number of aromatic nitrogens is 1. The van der Waals surface area contributed by atoms with Gasteiger partial charge in [0.1, 0.15) is 10.9 Å². The number of carbonyl (C=O) groups excluding carboxylic acids is 3. The number of nitrogens with zero attached hydrogens (tertiary/aromatic N) is 2. The molecule has 2 aromatic heterocycles. The predicted octanol–water partition coefficient (Wildman–Crippen LogP) is 7.75. The predicted molar refractivity (Wildman–Crippen MR) is 166 cm³/mol. The number of hydrogen-bond donors (Lipinski definition) is 0. The summed E-state index contributed by atoms with van der Waals surface area (Å²) in [5.74, 6) is -1.70. The molecule has 0 saturated carbocycles. The van der Waals surface area contributed by atoms with Gasteiger partial charge in [0.2, 0.25) is 0 Å². The Bertz CT molecular complexity index is 1780. The number of esters is 2. The van der Waals surface area contributed by atoms with E-state index < -0.39 is 17.7 Å². The molecule has 0 aliphatic rings. The highest BCUT2D eigenvalue weighted by Crippen LogP contribution is 2.33. The van der Waals surface area contributed by atoms with Gasteiger partial charge >= 0.3 is 11.9 Å². The Balaban J connectivity index is 1.75. The quantitative estimate of drug-likeness (QED) is 0.102. The van der Waals surface area contributed by atoms with Crippen molar-refractivity contribution in [2.24, 2.45) is 0 Å². The number of halogens is 2. The van der Waals surface area contributed by atoms with Crippen LogP contribution in [0.5, 0.6) is 0 Å². The summed E-state index contributed by atoms with van der Waals surface area (Å²) in [6.07, 6.45) is 1.33. The molecule has 4 rings (SSSR count). The van der Waals surface area contributed by atoms with Gasteiger partial charge in [-0.3, -0.25) is 4.79 Å². The molecule has 0 amide bonds. The number of para-hydroxylation sites is 1. The highest BCUT2D eigenvalue weighted by molar-refractivity contribution is 7.14. The van der Waals surface area contributed by atoms with Gasteiger partial charge in [0.25, 0.3) is 0 Å². The lowest BCUT2D eigenvalue weighted by atomic mass is 10.0. The number of ether oxygens (including phenoxy) is 2. The van der Waals surface area contributed by atoms with E-state index in [4.69, 9.17) is 32.7 Å². The molecule has 0 saturated heterocycles. The Labute approximate surface area is 257 Å². The molecular formula is C32H28Cl2N2O5S. The molecule has 0 aliphatic heterocycles. The molecule has 4 aromatic rings. The van der Waals surface area contributed by atoms with Crippen molar-refractivity contribution in [1.82, 2.24) is 4.57 Å². The Morgan fingerprint density at radius 3 is 2.38 bits per heavy atom. The standard InChI is InChI=1S/C32H28Cl2N2O5S/c1-5-40-31(38)29-18(3)30(32(39)41-6-2)42-28(29)15-27(37)21(16-35)13-24-19(4)36(26-10-8-7-9-23(24)26)17-20-11-12-22(33)14-25(20)34/h7-14H,5-6,15,17H2,1-4H3/b21-13+. The molecule has 0 spiro atoms. The van der Waals surface area contributed by atoms with Gasteiger partial charge < -0.3 is 14.0 Å². The van der Waals surface area contributed by atoms with Crippen LogP contribution in [0.25, 0.3) is 17.0 Å². The molecule has 0 bridgehead atoms. The highest BCUT2D eigenvalue weighted by Gasteiger charge is 2.28. The number of allylic oxidation sites excluding steroid dienone is 1. The average molecular weight is 624 g/mol. The summed E-state index contributed by atoms with van der Waals surface area (Å²) < 4.78 is 12.4. The van der Waals surface area contributed by atoms with E-state index in [1.807, 2.05) is 43.3 Å². The maximum absolute atomic E-state index is 13.5. The molecule has 216 valence electrons. The smallest absolute Gasteiger partial charge is 0.348 e. The lowest BCUT2D eigenvalue weighted by Crippen LogP contribution is -2.12. The maximum Gasteiger partial charge on any atom is 0.348 e. The van der Waals surface area contributed by atoms with E-state index in [-0.39, 0.29) is 35.6 Å². The summed E-state index contributed by atoms with van der Waals surface area (Å²) in [4.78, 5) is 39.4. The van der Waals surface area contributed by atoms with Crippen molar-refractivity contribution in [1.29, 1.82) is 5.26 Å². The molecule has 0 N–H and O–H groups in total. The minimum atomic E-state index is -0.633. The molecule has 0 radical (unpaired) electrons. The molecular weight excluding hydrogens is 595 g/mol. The third kappa shape index (κ3) is 6.29. The lowest BCUT2D eigenvalue weighted by molar-refractivity contribution is -0.114. The first-order valence-electron chi connectivity index (χ1n) is 13.2. The number of Topliss-reactive ketones (excluding diaryl/α,β-unsaturated/α-hetero) is 1. The van der Waals surface area contributed by atoms with Crippen molar-refractivity contribution < 1.29 is 23.9 Å². The van der Waals surface area contributed by atoms with Crippen LogP contribution in [0.3, 0.4) is 0 Å². The summed E-state index contributed by atoms with van der Waals surface area (Å²) in [7, 11) is 0. The molecule has 0 aliphatic carbocycles. The fourth-order valence-electron chi connectivity index (χ4n) is 4.78. The molecule has 10 heteroatoms. The number of thiophene rings is 1. The van der Waals surface area contributed by atoms with Gasteiger partial charge in [0.05, 0.1) is 24.4 Å². The zero-order chi connectivity index (χ0) is 30.6. The second kappa shape index (κ2) is 13.4. The monoisotopic (exact) mass is 622 g/mol. The number of rotatable bonds is 10. The number of benzene rings is 2. The first kappa shape index (κ1) is 31.0. The van der Waals surface area contributed by atoms with E-state index in [2.05, 4.69) is 4.57 Å². The van der Waals surface area contributed by atoms with Gasteiger partial charge in [-0.1, -0.05) is 47.5 Å². The molecule has 42 heavy (non-hydrogen) atoms. The van der Waals surface area contributed by atoms with Gasteiger partial charge in [0, 0.05) is 50.0 Å². The number of nitriles is 1. The van der Waals surface area contributed by atoms with Crippen LogP contribution in [0.1, 0.15) is 61.1 Å². The van der Waals surface area contributed by atoms with E-state index >= 15 is 0 Å². The van der Waals surface area contributed by atoms with Gasteiger partial charge in [-0.2, -0.15) is 5.26 Å². The van der Waals surface area contributed by atoms with Crippen molar-refractivity contribution in [3.63, 3.8) is 0 Å². The van der Waals surface area contributed by atoms with Gasteiger partial charge in [-0.15, -0.1) is 11.3 Å². The molecule has 0 atom stereocenters. The topological polar surface area (TPSA) is 98.4 Å². The number of hydrogen-bond acceptors (Lipinski definition) is 7. The third-order valence-corrected chi connectivity index (χ3v) is 8.67. The second-order valence-electron chi connectivity index (χ2n) is 9.40. The van der Waals surface area contributed by atoms with E-state index in [0.29, 0.717) is 27.0 Å². The minimum absolute atomic E-state index is 0.0796.